The Balaban J connectivity index is 3.21. The number of rotatable bonds is 3. The first-order valence-electron chi connectivity index (χ1n) is 3.94. The topological polar surface area (TPSA) is 66.8 Å². The highest BCUT2D eigenvalue weighted by Gasteiger charge is 2.14. The van der Waals surface area contributed by atoms with E-state index in [1.165, 1.54) is 12.1 Å². The summed E-state index contributed by atoms with van der Waals surface area (Å²) < 4.78 is 5.43. The molecule has 4 nitrogen and oxygen atoms in total. The van der Waals surface area contributed by atoms with E-state index in [1.54, 1.807) is 6.92 Å². The van der Waals surface area contributed by atoms with Gasteiger partial charge in [0.15, 0.2) is 0 Å². The molecular formula is C9H9BrO4. The van der Waals surface area contributed by atoms with Gasteiger partial charge in [-0.1, -0.05) is 0 Å². The molecule has 0 saturated carbocycles. The molecule has 0 saturated heterocycles. The number of benzene rings is 1. The Bertz CT molecular complexity index is 362. The van der Waals surface area contributed by atoms with Crippen molar-refractivity contribution >= 4 is 21.9 Å². The number of carboxylic acid groups (broad SMARTS) is 1. The fraction of sp³-hybridized carbons (Fsp3) is 0.222. The largest absolute Gasteiger partial charge is 0.506 e. The minimum atomic E-state index is -1.19. The summed E-state index contributed by atoms with van der Waals surface area (Å²) in [4.78, 5) is 10.7. The monoisotopic (exact) mass is 260 g/mol. The van der Waals surface area contributed by atoms with Gasteiger partial charge in [-0.05, 0) is 35.0 Å². The highest BCUT2D eigenvalue weighted by atomic mass is 79.9. The Morgan fingerprint density at radius 3 is 2.71 bits per heavy atom. The molecule has 0 fully saturated rings. The van der Waals surface area contributed by atoms with Crippen molar-refractivity contribution in [2.75, 3.05) is 6.61 Å². The van der Waals surface area contributed by atoms with Crippen LogP contribution >= 0.6 is 15.9 Å². The van der Waals surface area contributed by atoms with Gasteiger partial charge < -0.3 is 14.9 Å². The predicted molar refractivity (Wildman–Crippen MR) is 53.9 cm³/mol. The molecule has 76 valence electrons. The van der Waals surface area contributed by atoms with Crippen LogP contribution in [0.5, 0.6) is 11.5 Å². The SMILES string of the molecule is CCOc1cc(Br)c(O)c(C(=O)O)c1. The lowest BCUT2D eigenvalue weighted by Gasteiger charge is -2.07. The maximum Gasteiger partial charge on any atom is 0.339 e. The van der Waals surface area contributed by atoms with Crippen molar-refractivity contribution in [1.29, 1.82) is 0 Å². The number of aromatic carboxylic acids is 1. The summed E-state index contributed by atoms with van der Waals surface area (Å²) >= 11 is 3.04. The van der Waals surface area contributed by atoms with E-state index in [-0.39, 0.29) is 11.3 Å². The van der Waals surface area contributed by atoms with E-state index in [9.17, 15) is 9.90 Å². The van der Waals surface area contributed by atoms with Crippen LogP contribution < -0.4 is 4.74 Å². The second-order valence-electron chi connectivity index (χ2n) is 2.54. The molecule has 0 atom stereocenters. The molecule has 2 N–H and O–H groups in total. The first-order valence-corrected chi connectivity index (χ1v) is 4.74. The quantitative estimate of drug-likeness (QED) is 0.875. The van der Waals surface area contributed by atoms with Crippen molar-refractivity contribution in [2.45, 2.75) is 6.92 Å². The highest BCUT2D eigenvalue weighted by molar-refractivity contribution is 9.10. The zero-order valence-corrected chi connectivity index (χ0v) is 9.04. The van der Waals surface area contributed by atoms with E-state index in [2.05, 4.69) is 15.9 Å². The summed E-state index contributed by atoms with van der Waals surface area (Å²) in [6, 6.07) is 2.80. The molecule has 0 radical (unpaired) electrons. The zero-order chi connectivity index (χ0) is 10.7. The zero-order valence-electron chi connectivity index (χ0n) is 7.45. The average Bonchev–Trinajstić information content (AvgIpc) is 2.11. The molecule has 0 amide bonds. The van der Waals surface area contributed by atoms with Crippen LogP contribution in [0.2, 0.25) is 0 Å². The fourth-order valence-electron chi connectivity index (χ4n) is 0.987. The molecule has 0 aliphatic rings. The number of halogens is 1. The molecule has 0 bridgehead atoms. The lowest BCUT2D eigenvalue weighted by Crippen LogP contribution is -1.99. The second-order valence-corrected chi connectivity index (χ2v) is 3.39. The smallest absolute Gasteiger partial charge is 0.339 e. The number of hydrogen-bond donors (Lipinski definition) is 2. The van der Waals surface area contributed by atoms with Gasteiger partial charge in [-0.25, -0.2) is 4.79 Å². The summed E-state index contributed by atoms with van der Waals surface area (Å²) in [5.41, 5.74) is -0.178. The molecule has 0 aliphatic heterocycles. The fourth-order valence-corrected chi connectivity index (χ4v) is 1.43. The summed E-state index contributed by atoms with van der Waals surface area (Å²) in [5, 5.41) is 18.1. The Kier molecular flexibility index (Phi) is 3.35. The number of hydrogen-bond acceptors (Lipinski definition) is 3. The number of ether oxygens (including phenoxy) is 1. The van der Waals surface area contributed by atoms with Crippen LogP contribution in [-0.2, 0) is 0 Å². The van der Waals surface area contributed by atoms with E-state index in [1.807, 2.05) is 0 Å². The van der Waals surface area contributed by atoms with Gasteiger partial charge in [0.1, 0.15) is 17.1 Å². The van der Waals surface area contributed by atoms with E-state index in [0.29, 0.717) is 16.8 Å². The minimum Gasteiger partial charge on any atom is -0.506 e. The summed E-state index contributed by atoms with van der Waals surface area (Å²) in [6.07, 6.45) is 0. The Hall–Kier alpha value is -1.23. The van der Waals surface area contributed by atoms with Crippen LogP contribution in [-0.4, -0.2) is 22.8 Å². The van der Waals surface area contributed by atoms with Crippen LogP contribution in [0.1, 0.15) is 17.3 Å². The molecule has 0 spiro atoms. The van der Waals surface area contributed by atoms with Crippen molar-refractivity contribution in [1.82, 2.24) is 0 Å². The van der Waals surface area contributed by atoms with Crippen LogP contribution in [0.25, 0.3) is 0 Å². The Morgan fingerprint density at radius 2 is 2.21 bits per heavy atom. The van der Waals surface area contributed by atoms with Gasteiger partial charge in [0.05, 0.1) is 11.1 Å². The molecule has 1 rings (SSSR count). The summed E-state index contributed by atoms with van der Waals surface area (Å²) in [7, 11) is 0. The van der Waals surface area contributed by atoms with Crippen LogP contribution in [0.4, 0.5) is 0 Å². The molecule has 0 aliphatic carbocycles. The van der Waals surface area contributed by atoms with Gasteiger partial charge in [0, 0.05) is 0 Å². The normalized spacial score (nSPS) is 9.86. The lowest BCUT2D eigenvalue weighted by atomic mass is 10.2. The van der Waals surface area contributed by atoms with Gasteiger partial charge in [-0.2, -0.15) is 0 Å². The molecule has 5 heteroatoms. The maximum atomic E-state index is 10.7. The predicted octanol–water partition coefficient (Wildman–Crippen LogP) is 2.25. The molecule has 0 heterocycles. The first-order chi connectivity index (χ1) is 6.56. The molecule has 14 heavy (non-hydrogen) atoms. The third kappa shape index (κ3) is 2.17. The highest BCUT2D eigenvalue weighted by Crippen LogP contribution is 2.32. The van der Waals surface area contributed by atoms with E-state index < -0.39 is 5.97 Å². The average molecular weight is 261 g/mol. The van der Waals surface area contributed by atoms with Gasteiger partial charge >= 0.3 is 5.97 Å². The summed E-state index contributed by atoms with van der Waals surface area (Å²) in [6.45, 7) is 2.23. The Morgan fingerprint density at radius 1 is 1.57 bits per heavy atom. The van der Waals surface area contributed by atoms with Crippen LogP contribution in [0, 0.1) is 0 Å². The van der Waals surface area contributed by atoms with Gasteiger partial charge in [-0.15, -0.1) is 0 Å². The molecule has 1 aromatic carbocycles. The molecular weight excluding hydrogens is 252 g/mol. The van der Waals surface area contributed by atoms with Crippen LogP contribution in [0.3, 0.4) is 0 Å². The van der Waals surface area contributed by atoms with Crippen molar-refractivity contribution in [3.05, 3.63) is 22.2 Å². The van der Waals surface area contributed by atoms with Crippen molar-refractivity contribution in [3.63, 3.8) is 0 Å². The number of phenols is 1. The van der Waals surface area contributed by atoms with Gasteiger partial charge in [0.25, 0.3) is 0 Å². The Labute approximate surface area is 89.3 Å². The number of aromatic hydroxyl groups is 1. The van der Waals surface area contributed by atoms with Gasteiger partial charge in [-0.3, -0.25) is 0 Å². The number of carboxylic acids is 1. The third-order valence-electron chi connectivity index (χ3n) is 1.58. The minimum absolute atomic E-state index is 0.178. The van der Waals surface area contributed by atoms with Crippen molar-refractivity contribution in [3.8, 4) is 11.5 Å². The lowest BCUT2D eigenvalue weighted by molar-refractivity contribution is 0.0693. The van der Waals surface area contributed by atoms with E-state index >= 15 is 0 Å². The second kappa shape index (κ2) is 4.32. The third-order valence-corrected chi connectivity index (χ3v) is 2.18. The van der Waals surface area contributed by atoms with Crippen LogP contribution in [0.15, 0.2) is 16.6 Å². The van der Waals surface area contributed by atoms with E-state index in [4.69, 9.17) is 9.84 Å². The molecule has 0 unspecified atom stereocenters. The molecule has 1 aromatic rings. The standard InChI is InChI=1S/C9H9BrO4/c1-2-14-5-3-6(9(12)13)8(11)7(10)4-5/h3-4,11H,2H2,1H3,(H,12,13). The maximum absolute atomic E-state index is 10.7. The summed E-state index contributed by atoms with van der Waals surface area (Å²) in [5.74, 6) is -1.07. The van der Waals surface area contributed by atoms with E-state index in [0.717, 1.165) is 0 Å². The van der Waals surface area contributed by atoms with Crippen molar-refractivity contribution < 1.29 is 19.7 Å². The van der Waals surface area contributed by atoms with Crippen molar-refractivity contribution in [2.24, 2.45) is 0 Å². The van der Waals surface area contributed by atoms with Gasteiger partial charge in [0.2, 0.25) is 0 Å². The number of carbonyl (C=O) groups is 1. The first kappa shape index (κ1) is 10.8. The molecule has 0 aromatic heterocycles.